The molecule has 2 atom stereocenters. The van der Waals surface area contributed by atoms with Crippen LogP contribution in [0.4, 0.5) is 19.0 Å². The van der Waals surface area contributed by atoms with Crippen molar-refractivity contribution in [1.82, 2.24) is 19.9 Å². The number of aliphatic hydroxyl groups excluding tert-OH is 1. The van der Waals surface area contributed by atoms with Gasteiger partial charge in [0.2, 0.25) is 0 Å². The molecule has 3 aliphatic heterocycles. The molecule has 1 aliphatic carbocycles. The van der Waals surface area contributed by atoms with E-state index >= 15 is 4.39 Å². The zero-order valence-electron chi connectivity index (χ0n) is 25.9. The number of aryl methyl sites for hydroxylation is 1. The van der Waals surface area contributed by atoms with Crippen LogP contribution in [-0.2, 0) is 6.42 Å². The van der Waals surface area contributed by atoms with Crippen LogP contribution in [0.1, 0.15) is 57.4 Å². The SMILES string of the molecule is CCc1c(F)ccc2cc(O)cc(-c3ncc4c(N5CCC[C@]6(C5)C[C@H](O)C6)nc(OC[C@@]56CCCN5C[C@H](F)C6)nc4c3F)c12. The van der Waals surface area contributed by atoms with Crippen molar-refractivity contribution in [2.45, 2.75) is 76.1 Å². The third kappa shape index (κ3) is 4.76. The van der Waals surface area contributed by atoms with Crippen LogP contribution in [-0.4, -0.2) is 80.7 Å². The topological polar surface area (TPSA) is 94.8 Å². The highest BCUT2D eigenvalue weighted by atomic mass is 19.1. The monoisotopic (exact) mass is 633 g/mol. The second kappa shape index (κ2) is 10.9. The van der Waals surface area contributed by atoms with Gasteiger partial charge >= 0.3 is 6.01 Å². The van der Waals surface area contributed by atoms with E-state index in [1.807, 2.05) is 6.92 Å². The summed E-state index contributed by atoms with van der Waals surface area (Å²) in [5.74, 6) is -0.712. The van der Waals surface area contributed by atoms with Crippen LogP contribution in [0.15, 0.2) is 30.5 Å². The van der Waals surface area contributed by atoms with Crippen LogP contribution in [0.2, 0.25) is 0 Å². The largest absolute Gasteiger partial charge is 0.508 e. The zero-order valence-corrected chi connectivity index (χ0v) is 25.9. The number of ether oxygens (including phenoxy) is 1. The lowest BCUT2D eigenvalue weighted by Gasteiger charge is -2.51. The number of phenolic OH excluding ortho intramolecular Hbond substituents is 1. The molecule has 4 fully saturated rings. The standard InChI is InChI=1S/C35H38F3N5O3/c1-2-24-27(37)6-5-20-11-22(44)12-25(28(20)24)30-29(38)31-26(16-39-30)32(42-9-3-7-34(18-42)14-23(45)15-34)41-33(40-31)46-19-35-8-4-10-43(35)17-21(36)13-35/h5-6,11-12,16,21,23,44-45H,2-4,7-10,13-15,17-19H2,1H3/t21-,23-,34-,35+/m1/s1. The molecule has 1 spiro atoms. The van der Waals surface area contributed by atoms with E-state index in [2.05, 4.69) is 19.8 Å². The van der Waals surface area contributed by atoms with E-state index in [9.17, 15) is 19.0 Å². The normalized spacial score (nSPS) is 27.9. The average Bonchev–Trinajstić information content (AvgIpc) is 3.55. The Morgan fingerprint density at radius 3 is 2.70 bits per heavy atom. The smallest absolute Gasteiger partial charge is 0.319 e. The van der Waals surface area contributed by atoms with Crippen molar-refractivity contribution in [1.29, 1.82) is 0 Å². The van der Waals surface area contributed by atoms with Gasteiger partial charge in [0.05, 0.1) is 17.0 Å². The van der Waals surface area contributed by atoms with E-state index in [1.54, 1.807) is 12.3 Å². The summed E-state index contributed by atoms with van der Waals surface area (Å²) in [6.07, 6.45) is 6.19. The number of aliphatic hydroxyl groups is 1. The summed E-state index contributed by atoms with van der Waals surface area (Å²) in [6.45, 7) is 4.59. The summed E-state index contributed by atoms with van der Waals surface area (Å²) in [5.41, 5.74) is 0.183. The molecule has 4 aliphatic rings. The molecule has 2 N–H and O–H groups in total. The molecule has 242 valence electrons. The van der Waals surface area contributed by atoms with E-state index in [0.717, 1.165) is 45.1 Å². The summed E-state index contributed by atoms with van der Waals surface area (Å²) in [5, 5.41) is 22.2. The van der Waals surface area contributed by atoms with E-state index in [4.69, 9.17) is 9.72 Å². The van der Waals surface area contributed by atoms with Crippen molar-refractivity contribution in [3.63, 3.8) is 0 Å². The highest BCUT2D eigenvalue weighted by Crippen LogP contribution is 2.49. The van der Waals surface area contributed by atoms with Crippen LogP contribution in [0.25, 0.3) is 32.9 Å². The number of alkyl halides is 1. The van der Waals surface area contributed by atoms with E-state index in [-0.39, 0.29) is 46.7 Å². The Bertz CT molecular complexity index is 1840. The first-order valence-electron chi connectivity index (χ1n) is 16.4. The predicted octanol–water partition coefficient (Wildman–Crippen LogP) is 6.09. The number of pyridine rings is 1. The summed E-state index contributed by atoms with van der Waals surface area (Å²) in [7, 11) is 0. The molecule has 2 aromatic heterocycles. The minimum Gasteiger partial charge on any atom is -0.508 e. The molecule has 8 nitrogen and oxygen atoms in total. The van der Waals surface area contributed by atoms with Gasteiger partial charge in [0.25, 0.3) is 0 Å². The maximum atomic E-state index is 16.9. The lowest BCUT2D eigenvalue weighted by atomic mass is 9.62. The lowest BCUT2D eigenvalue weighted by molar-refractivity contribution is -0.0396. The van der Waals surface area contributed by atoms with Crippen molar-refractivity contribution in [3.8, 4) is 23.0 Å². The van der Waals surface area contributed by atoms with Gasteiger partial charge in [-0.2, -0.15) is 9.97 Å². The molecule has 5 heterocycles. The molecule has 4 aromatic rings. The van der Waals surface area contributed by atoms with Crippen molar-refractivity contribution in [3.05, 3.63) is 47.7 Å². The molecule has 0 radical (unpaired) electrons. The number of hydrogen-bond donors (Lipinski definition) is 2. The number of piperidine rings is 1. The van der Waals surface area contributed by atoms with Gasteiger partial charge in [-0.1, -0.05) is 13.0 Å². The number of aromatic nitrogens is 3. The van der Waals surface area contributed by atoms with Crippen molar-refractivity contribution in [2.75, 3.05) is 37.7 Å². The first-order chi connectivity index (χ1) is 22.2. The number of rotatable bonds is 6. The van der Waals surface area contributed by atoms with Crippen LogP contribution in [0.3, 0.4) is 0 Å². The molecule has 2 aromatic carbocycles. The van der Waals surface area contributed by atoms with Gasteiger partial charge in [-0.15, -0.1) is 0 Å². The Morgan fingerprint density at radius 2 is 1.89 bits per heavy atom. The van der Waals surface area contributed by atoms with Crippen molar-refractivity contribution < 1.29 is 28.1 Å². The third-order valence-electron chi connectivity index (χ3n) is 10.9. The summed E-state index contributed by atoms with van der Waals surface area (Å²) >= 11 is 0. The number of nitrogens with zero attached hydrogens (tertiary/aromatic N) is 5. The molecular weight excluding hydrogens is 595 g/mol. The summed E-state index contributed by atoms with van der Waals surface area (Å²) in [6, 6.07) is 5.87. The van der Waals surface area contributed by atoms with Gasteiger partial charge in [0.1, 0.15) is 41.4 Å². The van der Waals surface area contributed by atoms with Crippen LogP contribution in [0.5, 0.6) is 11.8 Å². The van der Waals surface area contributed by atoms with Gasteiger partial charge in [-0.3, -0.25) is 9.88 Å². The third-order valence-corrected chi connectivity index (χ3v) is 10.9. The molecule has 0 unspecified atom stereocenters. The quantitative estimate of drug-likeness (QED) is 0.264. The fourth-order valence-electron chi connectivity index (χ4n) is 8.86. The van der Waals surface area contributed by atoms with Crippen LogP contribution in [0, 0.1) is 17.0 Å². The number of anilines is 1. The maximum Gasteiger partial charge on any atom is 0.319 e. The van der Waals surface area contributed by atoms with Crippen LogP contribution >= 0.6 is 0 Å². The average molecular weight is 634 g/mol. The van der Waals surface area contributed by atoms with Gasteiger partial charge < -0.3 is 19.8 Å². The first kappa shape index (κ1) is 29.7. The molecule has 3 saturated heterocycles. The first-order valence-corrected chi connectivity index (χ1v) is 16.4. The number of fused-ring (bicyclic) bond motifs is 3. The number of benzene rings is 2. The van der Waals surface area contributed by atoms with Crippen molar-refractivity contribution >= 4 is 27.5 Å². The minimum atomic E-state index is -0.916. The lowest BCUT2D eigenvalue weighted by Crippen LogP contribution is -2.52. The van der Waals surface area contributed by atoms with Gasteiger partial charge in [0.15, 0.2) is 5.82 Å². The zero-order chi connectivity index (χ0) is 31.8. The predicted molar refractivity (Wildman–Crippen MR) is 169 cm³/mol. The van der Waals surface area contributed by atoms with Gasteiger partial charge in [-0.05, 0) is 91.4 Å². The van der Waals surface area contributed by atoms with Gasteiger partial charge in [0, 0.05) is 37.8 Å². The Kier molecular flexibility index (Phi) is 7.06. The molecular formula is C35H38F3N5O3. The fraction of sp³-hybridized carbons (Fsp3) is 0.514. The Balaban J connectivity index is 1.26. The second-order valence-corrected chi connectivity index (χ2v) is 13.9. The number of hydrogen-bond acceptors (Lipinski definition) is 8. The highest BCUT2D eigenvalue weighted by Gasteiger charge is 2.50. The molecule has 8 rings (SSSR count). The number of aromatic hydroxyl groups is 1. The van der Waals surface area contributed by atoms with E-state index in [1.165, 1.54) is 18.2 Å². The Labute approximate surface area is 265 Å². The highest BCUT2D eigenvalue weighted by molar-refractivity contribution is 6.01. The minimum absolute atomic E-state index is 0.0106. The summed E-state index contributed by atoms with van der Waals surface area (Å²) in [4.78, 5) is 18.2. The fourth-order valence-corrected chi connectivity index (χ4v) is 8.86. The second-order valence-electron chi connectivity index (χ2n) is 13.9. The van der Waals surface area contributed by atoms with Crippen molar-refractivity contribution in [2.24, 2.45) is 5.41 Å². The number of halogens is 3. The Morgan fingerprint density at radius 1 is 1.07 bits per heavy atom. The van der Waals surface area contributed by atoms with E-state index in [0.29, 0.717) is 60.0 Å². The number of phenols is 1. The van der Waals surface area contributed by atoms with Gasteiger partial charge in [-0.25, -0.2) is 13.2 Å². The Hall–Kier alpha value is -3.70. The van der Waals surface area contributed by atoms with E-state index < -0.39 is 23.3 Å². The molecule has 0 bridgehead atoms. The summed E-state index contributed by atoms with van der Waals surface area (Å²) < 4.78 is 52.6. The molecule has 1 saturated carbocycles. The molecule has 11 heteroatoms. The maximum absolute atomic E-state index is 16.9. The molecule has 0 amide bonds. The molecule has 46 heavy (non-hydrogen) atoms. The van der Waals surface area contributed by atoms with Crippen LogP contribution < -0.4 is 9.64 Å².